The number of nitrogens with one attached hydrogen (secondary N) is 2. The molecule has 2 aromatic rings. The molecule has 1 spiro atoms. The van der Waals surface area contributed by atoms with E-state index < -0.39 is 17.3 Å². The van der Waals surface area contributed by atoms with Gasteiger partial charge in [-0.1, -0.05) is 24.3 Å². The maximum absolute atomic E-state index is 12.9. The molecule has 2 N–H and O–H groups in total. The van der Waals surface area contributed by atoms with Crippen LogP contribution in [0.2, 0.25) is 0 Å². The molecule has 0 radical (unpaired) electrons. The van der Waals surface area contributed by atoms with Gasteiger partial charge < -0.3 is 15.4 Å². The Bertz CT molecular complexity index is 1160. The van der Waals surface area contributed by atoms with Crippen LogP contribution in [0.25, 0.3) is 0 Å². The molecule has 2 aromatic carbocycles. The van der Waals surface area contributed by atoms with Crippen LogP contribution in [0, 0.1) is 0 Å². The second kappa shape index (κ2) is 11.2. The monoisotopic (exact) mass is 544 g/mol. The highest BCUT2D eigenvalue weighted by Gasteiger charge is 2.48. The molecule has 10 heteroatoms. The van der Waals surface area contributed by atoms with Crippen molar-refractivity contribution in [1.82, 2.24) is 20.4 Å². The Morgan fingerprint density at radius 3 is 2.33 bits per heavy atom. The van der Waals surface area contributed by atoms with Gasteiger partial charge in [0.05, 0.1) is 18.2 Å². The highest BCUT2D eigenvalue weighted by atomic mass is 19.4. The van der Waals surface area contributed by atoms with Crippen LogP contribution in [0.5, 0.6) is 0 Å². The summed E-state index contributed by atoms with van der Waals surface area (Å²) in [4.78, 5) is 29.4. The van der Waals surface area contributed by atoms with Gasteiger partial charge in [0.15, 0.2) is 0 Å². The first-order chi connectivity index (χ1) is 18.6. The largest absolute Gasteiger partial charge is 0.441 e. The van der Waals surface area contributed by atoms with Gasteiger partial charge in [-0.3, -0.25) is 14.6 Å². The minimum Gasteiger partial charge on any atom is -0.441 e. The SMILES string of the molecule is CC(c1ccc(C(=O)NC2CCNCC2)cc1)N1CC2(CCN(Cc3ccc(C(F)(F)F)cc3)CC2)OC1=O. The van der Waals surface area contributed by atoms with E-state index in [1.807, 2.05) is 19.1 Å². The predicted octanol–water partition coefficient (Wildman–Crippen LogP) is 4.74. The van der Waals surface area contributed by atoms with Gasteiger partial charge in [0.1, 0.15) is 5.60 Å². The fraction of sp³-hybridized carbons (Fsp3) is 0.517. The third kappa shape index (κ3) is 6.38. The minimum atomic E-state index is -4.34. The zero-order valence-electron chi connectivity index (χ0n) is 22.1. The molecule has 3 saturated heterocycles. The van der Waals surface area contributed by atoms with Crippen molar-refractivity contribution < 1.29 is 27.5 Å². The first kappa shape index (κ1) is 27.5. The summed E-state index contributed by atoms with van der Waals surface area (Å²) in [5.74, 6) is -0.0799. The van der Waals surface area contributed by atoms with Gasteiger partial charge in [-0.2, -0.15) is 13.2 Å². The van der Waals surface area contributed by atoms with Crippen LogP contribution in [0.1, 0.15) is 65.7 Å². The van der Waals surface area contributed by atoms with Crippen molar-refractivity contribution in [2.75, 3.05) is 32.7 Å². The normalized spacial score (nSPS) is 21.1. The number of nitrogens with zero attached hydrogens (tertiary/aromatic N) is 2. The maximum Gasteiger partial charge on any atom is 0.416 e. The highest BCUT2D eigenvalue weighted by Crippen LogP contribution is 2.38. The molecule has 0 aromatic heterocycles. The Balaban J connectivity index is 1.14. The van der Waals surface area contributed by atoms with Gasteiger partial charge >= 0.3 is 12.3 Å². The lowest BCUT2D eigenvalue weighted by Gasteiger charge is -2.37. The minimum absolute atomic E-state index is 0.0799. The van der Waals surface area contributed by atoms with Gasteiger partial charge in [-0.25, -0.2) is 4.79 Å². The second-order valence-electron chi connectivity index (χ2n) is 10.9. The molecular weight excluding hydrogens is 509 g/mol. The molecule has 2 amide bonds. The third-order valence-electron chi connectivity index (χ3n) is 8.25. The van der Waals surface area contributed by atoms with Gasteiger partial charge in [0.25, 0.3) is 5.91 Å². The van der Waals surface area contributed by atoms with Crippen LogP contribution in [-0.4, -0.2) is 66.2 Å². The Labute approximate surface area is 226 Å². The second-order valence-corrected chi connectivity index (χ2v) is 10.9. The molecule has 3 fully saturated rings. The molecule has 0 bridgehead atoms. The smallest absolute Gasteiger partial charge is 0.416 e. The summed E-state index contributed by atoms with van der Waals surface area (Å²) in [6, 6.07) is 12.7. The van der Waals surface area contributed by atoms with Gasteiger partial charge in [-0.05, 0) is 68.2 Å². The van der Waals surface area contributed by atoms with E-state index >= 15 is 0 Å². The predicted molar refractivity (Wildman–Crippen MR) is 140 cm³/mol. The molecule has 39 heavy (non-hydrogen) atoms. The number of ether oxygens (including phenoxy) is 1. The van der Waals surface area contributed by atoms with Crippen molar-refractivity contribution in [2.45, 2.75) is 63.0 Å². The Kier molecular flexibility index (Phi) is 7.87. The van der Waals surface area contributed by atoms with E-state index in [2.05, 4.69) is 15.5 Å². The molecule has 0 saturated carbocycles. The number of hydrogen-bond donors (Lipinski definition) is 2. The number of likely N-dealkylation sites (tertiary alicyclic amines) is 1. The van der Waals surface area contributed by atoms with Crippen LogP contribution in [0.15, 0.2) is 48.5 Å². The van der Waals surface area contributed by atoms with Crippen molar-refractivity contribution in [3.63, 3.8) is 0 Å². The van der Waals surface area contributed by atoms with Crippen LogP contribution in [0.3, 0.4) is 0 Å². The number of halogens is 3. The molecule has 1 unspecified atom stereocenters. The lowest BCUT2D eigenvalue weighted by atomic mass is 9.90. The summed E-state index contributed by atoms with van der Waals surface area (Å²) in [7, 11) is 0. The summed E-state index contributed by atoms with van der Waals surface area (Å²) in [6.07, 6.45) is -1.50. The Morgan fingerprint density at radius 1 is 1.08 bits per heavy atom. The maximum atomic E-state index is 12.9. The molecule has 210 valence electrons. The number of rotatable bonds is 6. The first-order valence-electron chi connectivity index (χ1n) is 13.6. The molecule has 3 aliphatic heterocycles. The Hall–Kier alpha value is -3.11. The summed E-state index contributed by atoms with van der Waals surface area (Å²) >= 11 is 0. The standard InChI is InChI=1S/C29H35F3N4O3/c1-20(22-4-6-23(7-5-22)26(37)34-25-10-14-33-15-11-25)36-19-28(39-27(36)38)12-16-35(17-13-28)18-21-2-8-24(9-3-21)29(30,31)32/h2-9,20,25,33H,10-19H2,1H3,(H,34,37). The fourth-order valence-electron chi connectivity index (χ4n) is 5.71. The topological polar surface area (TPSA) is 73.9 Å². The van der Waals surface area contributed by atoms with Crippen molar-refractivity contribution in [2.24, 2.45) is 0 Å². The van der Waals surface area contributed by atoms with E-state index in [0.717, 1.165) is 49.2 Å². The lowest BCUT2D eigenvalue weighted by molar-refractivity contribution is -0.137. The number of hydrogen-bond acceptors (Lipinski definition) is 5. The number of alkyl halides is 3. The average Bonchev–Trinajstić information content (AvgIpc) is 3.25. The van der Waals surface area contributed by atoms with Gasteiger partial charge in [-0.15, -0.1) is 0 Å². The molecule has 3 heterocycles. The van der Waals surface area contributed by atoms with E-state index in [-0.39, 0.29) is 24.1 Å². The zero-order valence-corrected chi connectivity index (χ0v) is 22.1. The third-order valence-corrected chi connectivity index (χ3v) is 8.25. The number of piperidine rings is 2. The van der Waals surface area contributed by atoms with E-state index in [4.69, 9.17) is 4.74 Å². The van der Waals surface area contributed by atoms with Gasteiger partial charge in [0.2, 0.25) is 0 Å². The number of carbonyl (C=O) groups excluding carboxylic acids is 2. The van der Waals surface area contributed by atoms with E-state index in [1.54, 1.807) is 17.0 Å². The lowest BCUT2D eigenvalue weighted by Crippen LogP contribution is -2.46. The summed E-state index contributed by atoms with van der Waals surface area (Å²) in [5, 5.41) is 6.39. The van der Waals surface area contributed by atoms with E-state index in [9.17, 15) is 22.8 Å². The van der Waals surface area contributed by atoms with Crippen LogP contribution in [-0.2, 0) is 17.5 Å². The number of carbonyl (C=O) groups is 2. The number of amides is 2. The first-order valence-corrected chi connectivity index (χ1v) is 13.6. The molecule has 0 aliphatic carbocycles. The summed E-state index contributed by atoms with van der Waals surface area (Å²) < 4.78 is 44.4. The Morgan fingerprint density at radius 2 is 1.72 bits per heavy atom. The molecule has 3 aliphatic rings. The van der Waals surface area contributed by atoms with Crippen LogP contribution >= 0.6 is 0 Å². The van der Waals surface area contributed by atoms with Crippen LogP contribution in [0.4, 0.5) is 18.0 Å². The highest BCUT2D eigenvalue weighted by molar-refractivity contribution is 5.94. The fourth-order valence-corrected chi connectivity index (χ4v) is 5.71. The van der Waals surface area contributed by atoms with Crippen molar-refractivity contribution in [3.05, 3.63) is 70.8 Å². The van der Waals surface area contributed by atoms with Crippen molar-refractivity contribution >= 4 is 12.0 Å². The molecule has 1 atom stereocenters. The molecule has 5 rings (SSSR count). The quantitative estimate of drug-likeness (QED) is 0.550. The zero-order chi connectivity index (χ0) is 27.6. The molecular formula is C29H35F3N4O3. The van der Waals surface area contributed by atoms with Crippen molar-refractivity contribution in [1.29, 1.82) is 0 Å². The molecule has 7 nitrogen and oxygen atoms in total. The average molecular weight is 545 g/mol. The van der Waals surface area contributed by atoms with Crippen LogP contribution < -0.4 is 10.6 Å². The summed E-state index contributed by atoms with van der Waals surface area (Å²) in [5.41, 5.74) is 1.15. The van der Waals surface area contributed by atoms with E-state index in [1.165, 1.54) is 12.1 Å². The van der Waals surface area contributed by atoms with Crippen molar-refractivity contribution in [3.8, 4) is 0 Å². The van der Waals surface area contributed by atoms with E-state index in [0.29, 0.717) is 44.6 Å². The van der Waals surface area contributed by atoms with Gasteiger partial charge in [0, 0.05) is 44.1 Å². The summed E-state index contributed by atoms with van der Waals surface area (Å²) in [6.45, 7) is 6.20. The number of benzene rings is 2.